The van der Waals surface area contributed by atoms with Crippen molar-refractivity contribution in [3.63, 3.8) is 0 Å². The maximum absolute atomic E-state index is 12.2. The Labute approximate surface area is 122 Å². The smallest absolute Gasteiger partial charge is 0.339 e. The Balaban J connectivity index is 2.41. The summed E-state index contributed by atoms with van der Waals surface area (Å²) in [6, 6.07) is 12.0. The topological polar surface area (TPSA) is 92.7 Å². The van der Waals surface area contributed by atoms with Crippen LogP contribution in [0.4, 0.5) is 5.69 Å². The molecule has 0 aromatic heterocycles. The fraction of sp³-hybridized carbons (Fsp3) is 0.0714. The molecule has 0 atom stereocenters. The summed E-state index contributed by atoms with van der Waals surface area (Å²) >= 11 is 0. The zero-order valence-corrected chi connectivity index (χ0v) is 11.9. The molecule has 2 aromatic rings. The van der Waals surface area contributed by atoms with E-state index in [-0.39, 0.29) is 16.2 Å². The summed E-state index contributed by atoms with van der Waals surface area (Å²) in [6.45, 7) is 0. The molecular weight excluding hydrogens is 294 g/mol. The number of hydrogen-bond acceptors (Lipinski definition) is 4. The van der Waals surface area contributed by atoms with Crippen LogP contribution in [0.1, 0.15) is 10.4 Å². The average molecular weight is 307 g/mol. The number of hydrogen-bond donors (Lipinski definition) is 2. The van der Waals surface area contributed by atoms with Gasteiger partial charge in [-0.15, -0.1) is 0 Å². The Morgan fingerprint density at radius 3 is 2.38 bits per heavy atom. The lowest BCUT2D eigenvalue weighted by molar-refractivity contribution is 0.0693. The van der Waals surface area contributed by atoms with E-state index in [2.05, 4.69) is 4.72 Å². The Hall–Kier alpha value is -2.54. The molecule has 110 valence electrons. The first-order valence-electron chi connectivity index (χ1n) is 5.93. The molecule has 0 saturated heterocycles. The summed E-state index contributed by atoms with van der Waals surface area (Å²) in [7, 11) is -2.55. The first-order valence-corrected chi connectivity index (χ1v) is 7.41. The normalized spacial score (nSPS) is 10.9. The second kappa shape index (κ2) is 5.84. The summed E-state index contributed by atoms with van der Waals surface area (Å²) in [5.74, 6) is -1.16. The van der Waals surface area contributed by atoms with Crippen LogP contribution in [0.5, 0.6) is 5.75 Å². The molecule has 0 heterocycles. The van der Waals surface area contributed by atoms with Crippen LogP contribution in [0, 0.1) is 0 Å². The molecule has 0 aliphatic rings. The molecule has 0 saturated carbocycles. The van der Waals surface area contributed by atoms with Crippen LogP contribution in [-0.2, 0) is 10.0 Å². The molecule has 0 bridgehead atoms. The number of aromatic carboxylic acids is 1. The van der Waals surface area contributed by atoms with Gasteiger partial charge >= 0.3 is 5.97 Å². The van der Waals surface area contributed by atoms with Crippen LogP contribution < -0.4 is 9.46 Å². The standard InChI is InChI=1S/C14H13NO5S/c1-20-13-8-7-11(9-12(13)14(16)17)21(18,19)15-10-5-3-2-4-6-10/h2-9,15H,1H3,(H,16,17). The highest BCUT2D eigenvalue weighted by Gasteiger charge is 2.19. The average Bonchev–Trinajstić information content (AvgIpc) is 2.47. The summed E-state index contributed by atoms with van der Waals surface area (Å²) < 4.78 is 31.7. The number of carboxylic acids is 1. The minimum atomic E-state index is -3.86. The van der Waals surface area contributed by atoms with Gasteiger partial charge in [-0.3, -0.25) is 4.72 Å². The lowest BCUT2D eigenvalue weighted by Gasteiger charge is -2.10. The van der Waals surface area contributed by atoms with E-state index in [1.807, 2.05) is 0 Å². The van der Waals surface area contributed by atoms with E-state index in [9.17, 15) is 13.2 Å². The first kappa shape index (κ1) is 14.9. The Morgan fingerprint density at radius 1 is 1.14 bits per heavy atom. The number of sulfonamides is 1. The fourth-order valence-corrected chi connectivity index (χ4v) is 2.83. The number of nitrogens with one attached hydrogen (secondary N) is 1. The summed E-state index contributed by atoms with van der Waals surface area (Å²) in [6.07, 6.45) is 0. The zero-order valence-electron chi connectivity index (χ0n) is 11.1. The van der Waals surface area contributed by atoms with Crippen molar-refractivity contribution in [1.82, 2.24) is 0 Å². The van der Waals surface area contributed by atoms with Gasteiger partial charge in [0.2, 0.25) is 0 Å². The van der Waals surface area contributed by atoms with Crippen molar-refractivity contribution >= 4 is 21.7 Å². The molecule has 2 N–H and O–H groups in total. The molecule has 0 unspecified atom stereocenters. The van der Waals surface area contributed by atoms with Gasteiger partial charge in [-0.1, -0.05) is 18.2 Å². The number of rotatable bonds is 5. The maximum atomic E-state index is 12.2. The number of carbonyl (C=O) groups is 1. The molecule has 0 fully saturated rings. The molecule has 0 radical (unpaired) electrons. The van der Waals surface area contributed by atoms with Gasteiger partial charge in [0, 0.05) is 5.69 Å². The maximum Gasteiger partial charge on any atom is 0.339 e. The molecular formula is C14H13NO5S. The fourth-order valence-electron chi connectivity index (χ4n) is 1.74. The van der Waals surface area contributed by atoms with Crippen molar-refractivity contribution in [2.75, 3.05) is 11.8 Å². The molecule has 2 rings (SSSR count). The van der Waals surface area contributed by atoms with Crippen molar-refractivity contribution in [3.8, 4) is 5.75 Å². The second-order valence-corrected chi connectivity index (χ2v) is 5.82. The molecule has 6 nitrogen and oxygen atoms in total. The van der Waals surface area contributed by atoms with Crippen molar-refractivity contribution in [1.29, 1.82) is 0 Å². The van der Waals surface area contributed by atoms with Gasteiger partial charge in [-0.25, -0.2) is 13.2 Å². The number of methoxy groups -OCH3 is 1. The molecule has 2 aromatic carbocycles. The minimum absolute atomic E-state index is 0.0983. The van der Waals surface area contributed by atoms with Crippen LogP contribution in [0.15, 0.2) is 53.4 Å². The molecule has 0 amide bonds. The summed E-state index contributed by atoms with van der Waals surface area (Å²) in [5.41, 5.74) is 0.179. The Bertz CT molecular complexity index is 756. The predicted octanol–water partition coefficient (Wildman–Crippen LogP) is 2.19. The lowest BCUT2D eigenvalue weighted by Crippen LogP contribution is -2.14. The van der Waals surface area contributed by atoms with Gasteiger partial charge in [0.05, 0.1) is 12.0 Å². The van der Waals surface area contributed by atoms with Crippen LogP contribution in [0.3, 0.4) is 0 Å². The first-order chi connectivity index (χ1) is 9.94. The molecule has 21 heavy (non-hydrogen) atoms. The van der Waals surface area contributed by atoms with Crippen molar-refractivity contribution in [2.45, 2.75) is 4.90 Å². The SMILES string of the molecule is COc1ccc(S(=O)(=O)Nc2ccccc2)cc1C(=O)O. The van der Waals surface area contributed by atoms with E-state index in [1.54, 1.807) is 30.3 Å². The van der Waals surface area contributed by atoms with Crippen LogP contribution in [-0.4, -0.2) is 26.6 Å². The largest absolute Gasteiger partial charge is 0.496 e. The predicted molar refractivity (Wildman–Crippen MR) is 77.2 cm³/mol. The number of para-hydroxylation sites is 1. The van der Waals surface area contributed by atoms with Crippen molar-refractivity contribution in [3.05, 3.63) is 54.1 Å². The number of ether oxygens (including phenoxy) is 1. The van der Waals surface area contributed by atoms with Gasteiger partial charge in [0.25, 0.3) is 10.0 Å². The van der Waals surface area contributed by atoms with Gasteiger partial charge in [-0.2, -0.15) is 0 Å². The van der Waals surface area contributed by atoms with E-state index in [0.717, 1.165) is 6.07 Å². The quantitative estimate of drug-likeness (QED) is 0.883. The highest BCUT2D eigenvalue weighted by atomic mass is 32.2. The monoisotopic (exact) mass is 307 g/mol. The van der Waals surface area contributed by atoms with Crippen molar-refractivity contribution in [2.24, 2.45) is 0 Å². The Morgan fingerprint density at radius 2 is 1.81 bits per heavy atom. The third-order valence-corrected chi connectivity index (χ3v) is 4.12. The van der Waals surface area contributed by atoms with Gasteiger partial charge < -0.3 is 9.84 Å². The zero-order chi connectivity index (χ0) is 15.5. The lowest BCUT2D eigenvalue weighted by atomic mass is 10.2. The van der Waals surface area contributed by atoms with Crippen LogP contribution >= 0.6 is 0 Å². The van der Waals surface area contributed by atoms with E-state index < -0.39 is 16.0 Å². The third kappa shape index (κ3) is 3.32. The molecule has 0 aliphatic heterocycles. The van der Waals surface area contributed by atoms with Crippen molar-refractivity contribution < 1.29 is 23.1 Å². The number of carboxylic acid groups (broad SMARTS) is 1. The minimum Gasteiger partial charge on any atom is -0.496 e. The Kier molecular flexibility index (Phi) is 4.13. The van der Waals surface area contributed by atoms with Gasteiger partial charge in [-0.05, 0) is 30.3 Å². The summed E-state index contributed by atoms with van der Waals surface area (Å²) in [4.78, 5) is 11.0. The number of benzene rings is 2. The molecule has 0 spiro atoms. The second-order valence-electron chi connectivity index (χ2n) is 4.14. The van der Waals surface area contributed by atoms with E-state index >= 15 is 0 Å². The van der Waals surface area contributed by atoms with E-state index in [1.165, 1.54) is 19.2 Å². The molecule has 7 heteroatoms. The van der Waals surface area contributed by atoms with Gasteiger partial charge in [0.1, 0.15) is 11.3 Å². The van der Waals surface area contributed by atoms with E-state index in [0.29, 0.717) is 5.69 Å². The van der Waals surface area contributed by atoms with Gasteiger partial charge in [0.15, 0.2) is 0 Å². The van der Waals surface area contributed by atoms with E-state index in [4.69, 9.17) is 9.84 Å². The van der Waals surface area contributed by atoms with Crippen LogP contribution in [0.25, 0.3) is 0 Å². The molecule has 0 aliphatic carbocycles. The van der Waals surface area contributed by atoms with Crippen LogP contribution in [0.2, 0.25) is 0 Å². The summed E-state index contributed by atoms with van der Waals surface area (Å²) in [5, 5.41) is 9.08. The highest BCUT2D eigenvalue weighted by Crippen LogP contribution is 2.24. The number of anilines is 1. The third-order valence-electron chi connectivity index (χ3n) is 2.74. The highest BCUT2D eigenvalue weighted by molar-refractivity contribution is 7.92.